The Kier molecular flexibility index (Phi) is 6.02. The van der Waals surface area contributed by atoms with Crippen molar-refractivity contribution < 1.29 is 9.53 Å². The Hall–Kier alpha value is -1.55. The van der Waals surface area contributed by atoms with Crippen molar-refractivity contribution in [3.63, 3.8) is 0 Å². The van der Waals surface area contributed by atoms with Gasteiger partial charge in [0.2, 0.25) is 0 Å². The summed E-state index contributed by atoms with van der Waals surface area (Å²) in [6, 6.07) is 7.94. The van der Waals surface area contributed by atoms with E-state index in [4.69, 9.17) is 4.74 Å². The molecule has 0 saturated carbocycles. The van der Waals surface area contributed by atoms with E-state index in [1.165, 1.54) is 0 Å². The van der Waals surface area contributed by atoms with Gasteiger partial charge in [0.15, 0.2) is 6.61 Å². The van der Waals surface area contributed by atoms with Gasteiger partial charge in [0.1, 0.15) is 5.75 Å². The second-order valence-corrected chi connectivity index (χ2v) is 6.26. The maximum atomic E-state index is 11.5. The highest BCUT2D eigenvalue weighted by atomic mass is 16.5. The first-order valence-corrected chi connectivity index (χ1v) is 7.02. The number of nitrogens with one attached hydrogen (secondary N) is 2. The van der Waals surface area contributed by atoms with Crippen LogP contribution in [0.4, 0.5) is 0 Å². The van der Waals surface area contributed by atoms with E-state index in [0.29, 0.717) is 0 Å². The molecule has 0 heterocycles. The van der Waals surface area contributed by atoms with Crippen molar-refractivity contribution in [2.75, 3.05) is 6.61 Å². The van der Waals surface area contributed by atoms with Crippen molar-refractivity contribution in [2.24, 2.45) is 0 Å². The van der Waals surface area contributed by atoms with Gasteiger partial charge in [-0.2, -0.15) is 0 Å². The summed E-state index contributed by atoms with van der Waals surface area (Å²) in [6.45, 7) is 11.1. The van der Waals surface area contributed by atoms with E-state index in [1.807, 2.05) is 38.1 Å². The van der Waals surface area contributed by atoms with Gasteiger partial charge in [0, 0.05) is 18.1 Å². The van der Waals surface area contributed by atoms with E-state index >= 15 is 0 Å². The van der Waals surface area contributed by atoms with Crippen LogP contribution in [0.15, 0.2) is 24.3 Å². The highest BCUT2D eigenvalue weighted by molar-refractivity contribution is 5.77. The van der Waals surface area contributed by atoms with Crippen molar-refractivity contribution in [1.82, 2.24) is 10.6 Å². The van der Waals surface area contributed by atoms with Gasteiger partial charge in [-0.05, 0) is 52.3 Å². The number of ether oxygens (including phenoxy) is 1. The predicted octanol–water partition coefficient (Wildman–Crippen LogP) is 2.48. The number of amides is 1. The number of hydrogen-bond donors (Lipinski definition) is 2. The summed E-state index contributed by atoms with van der Waals surface area (Å²) >= 11 is 0. The minimum atomic E-state index is -0.0989. The number of rotatable bonds is 6. The molecule has 1 amide bonds. The summed E-state index contributed by atoms with van der Waals surface area (Å²) in [5.41, 5.74) is 1.22. The molecule has 1 rings (SSSR count). The summed E-state index contributed by atoms with van der Waals surface area (Å²) in [5, 5.41) is 6.22. The number of carbonyl (C=O) groups excluding carboxylic acids is 1. The van der Waals surface area contributed by atoms with E-state index < -0.39 is 0 Å². The van der Waals surface area contributed by atoms with Gasteiger partial charge < -0.3 is 15.4 Å². The summed E-state index contributed by atoms with van der Waals surface area (Å²) in [7, 11) is 0. The van der Waals surface area contributed by atoms with Gasteiger partial charge in [-0.3, -0.25) is 4.79 Å². The summed E-state index contributed by atoms with van der Waals surface area (Å²) < 4.78 is 5.50. The first kappa shape index (κ1) is 16.5. The van der Waals surface area contributed by atoms with Crippen molar-refractivity contribution in [3.8, 4) is 5.75 Å². The lowest BCUT2D eigenvalue weighted by molar-refractivity contribution is -0.123. The Labute approximate surface area is 121 Å². The van der Waals surface area contributed by atoms with Crippen LogP contribution < -0.4 is 15.4 Å². The van der Waals surface area contributed by atoms with Crippen molar-refractivity contribution in [2.45, 2.75) is 52.7 Å². The summed E-state index contributed by atoms with van der Waals surface area (Å²) in [5.74, 6) is 0.621. The van der Waals surface area contributed by atoms with Crippen molar-refractivity contribution >= 4 is 5.91 Å². The maximum Gasteiger partial charge on any atom is 0.258 e. The fourth-order valence-corrected chi connectivity index (χ4v) is 1.62. The summed E-state index contributed by atoms with van der Waals surface area (Å²) in [6.07, 6.45) is 0. The molecule has 2 N–H and O–H groups in total. The van der Waals surface area contributed by atoms with Gasteiger partial charge in [0.25, 0.3) is 5.91 Å². The monoisotopic (exact) mass is 278 g/mol. The van der Waals surface area contributed by atoms with Crippen molar-refractivity contribution in [3.05, 3.63) is 29.8 Å². The molecule has 0 unspecified atom stereocenters. The van der Waals surface area contributed by atoms with E-state index in [9.17, 15) is 4.79 Å². The van der Waals surface area contributed by atoms with Gasteiger partial charge in [-0.15, -0.1) is 0 Å². The first-order chi connectivity index (χ1) is 9.26. The molecule has 4 nitrogen and oxygen atoms in total. The quantitative estimate of drug-likeness (QED) is 0.840. The molecule has 0 spiro atoms. The molecule has 0 bridgehead atoms. The number of benzene rings is 1. The Morgan fingerprint density at radius 3 is 2.60 bits per heavy atom. The third-order valence-corrected chi connectivity index (χ3v) is 2.54. The normalized spacial score (nSPS) is 11.5. The second-order valence-electron chi connectivity index (χ2n) is 6.26. The minimum absolute atomic E-state index is 0.0499. The SMILES string of the molecule is CC(C)NC(=O)COc1cccc(CNC(C)(C)C)c1. The lowest BCUT2D eigenvalue weighted by Gasteiger charge is -2.20. The van der Waals surface area contributed by atoms with Crippen LogP contribution in [-0.2, 0) is 11.3 Å². The van der Waals surface area contributed by atoms with E-state index in [-0.39, 0.29) is 24.1 Å². The van der Waals surface area contributed by atoms with E-state index in [2.05, 4.69) is 31.4 Å². The Bertz CT molecular complexity index is 436. The van der Waals surface area contributed by atoms with Crippen LogP contribution in [0.2, 0.25) is 0 Å². The number of carbonyl (C=O) groups is 1. The van der Waals surface area contributed by atoms with Gasteiger partial charge >= 0.3 is 0 Å². The zero-order chi connectivity index (χ0) is 15.2. The third kappa shape index (κ3) is 7.14. The average molecular weight is 278 g/mol. The molecular formula is C16H26N2O2. The Morgan fingerprint density at radius 2 is 2.00 bits per heavy atom. The van der Waals surface area contributed by atoms with Crippen molar-refractivity contribution in [1.29, 1.82) is 0 Å². The van der Waals surface area contributed by atoms with Gasteiger partial charge in [-0.25, -0.2) is 0 Å². The predicted molar refractivity (Wildman–Crippen MR) is 81.8 cm³/mol. The van der Waals surface area contributed by atoms with Gasteiger partial charge in [0.05, 0.1) is 0 Å². The molecule has 0 aliphatic rings. The van der Waals surface area contributed by atoms with Crippen LogP contribution in [0.1, 0.15) is 40.2 Å². The van der Waals surface area contributed by atoms with Crippen LogP contribution in [-0.4, -0.2) is 24.1 Å². The molecular weight excluding hydrogens is 252 g/mol. The molecule has 0 atom stereocenters. The van der Waals surface area contributed by atoms with E-state index in [0.717, 1.165) is 17.9 Å². The lowest BCUT2D eigenvalue weighted by atomic mass is 10.1. The molecule has 20 heavy (non-hydrogen) atoms. The highest BCUT2D eigenvalue weighted by Gasteiger charge is 2.09. The first-order valence-electron chi connectivity index (χ1n) is 7.02. The molecule has 0 aliphatic carbocycles. The molecule has 0 radical (unpaired) electrons. The fourth-order valence-electron chi connectivity index (χ4n) is 1.62. The highest BCUT2D eigenvalue weighted by Crippen LogP contribution is 2.14. The molecule has 1 aromatic rings. The summed E-state index contributed by atoms with van der Waals surface area (Å²) in [4.78, 5) is 11.5. The third-order valence-electron chi connectivity index (χ3n) is 2.54. The molecule has 112 valence electrons. The van der Waals surface area contributed by atoms with Crippen LogP contribution in [0.3, 0.4) is 0 Å². The standard InChI is InChI=1S/C16H26N2O2/c1-12(2)18-15(19)11-20-14-8-6-7-13(9-14)10-17-16(3,4)5/h6-9,12,17H,10-11H2,1-5H3,(H,18,19). The van der Waals surface area contributed by atoms with Crippen LogP contribution >= 0.6 is 0 Å². The molecule has 0 aromatic heterocycles. The zero-order valence-corrected chi connectivity index (χ0v) is 13.1. The minimum Gasteiger partial charge on any atom is -0.484 e. The van der Waals surface area contributed by atoms with Crippen LogP contribution in [0.5, 0.6) is 5.75 Å². The van der Waals surface area contributed by atoms with Gasteiger partial charge in [-0.1, -0.05) is 12.1 Å². The zero-order valence-electron chi connectivity index (χ0n) is 13.1. The smallest absolute Gasteiger partial charge is 0.258 e. The second kappa shape index (κ2) is 7.29. The lowest BCUT2D eigenvalue weighted by Crippen LogP contribution is -2.35. The van der Waals surface area contributed by atoms with Crippen LogP contribution in [0, 0.1) is 0 Å². The van der Waals surface area contributed by atoms with E-state index in [1.54, 1.807) is 0 Å². The molecule has 1 aromatic carbocycles. The molecule has 0 aliphatic heterocycles. The fraction of sp³-hybridized carbons (Fsp3) is 0.562. The maximum absolute atomic E-state index is 11.5. The molecule has 4 heteroatoms. The largest absolute Gasteiger partial charge is 0.484 e. The Balaban J connectivity index is 2.49. The average Bonchev–Trinajstić information content (AvgIpc) is 2.33. The van der Waals surface area contributed by atoms with Crippen LogP contribution in [0.25, 0.3) is 0 Å². The molecule has 0 fully saturated rings. The molecule has 0 saturated heterocycles. The number of hydrogen-bond acceptors (Lipinski definition) is 3. The Morgan fingerprint density at radius 1 is 1.30 bits per heavy atom. The topological polar surface area (TPSA) is 50.4 Å².